The van der Waals surface area contributed by atoms with Gasteiger partial charge in [0.25, 0.3) is 0 Å². The zero-order chi connectivity index (χ0) is 14.0. The maximum Gasteiger partial charge on any atom is 0.305 e. The van der Waals surface area contributed by atoms with Crippen molar-refractivity contribution in [2.24, 2.45) is 0 Å². The van der Waals surface area contributed by atoms with E-state index in [1.165, 1.54) is 5.75 Å². The normalized spacial score (nSPS) is 39.2. The lowest BCUT2D eigenvalue weighted by atomic mass is 9.88. The highest BCUT2D eigenvalue weighted by molar-refractivity contribution is 7.99. The van der Waals surface area contributed by atoms with Crippen LogP contribution in [-0.4, -0.2) is 71.5 Å². The van der Waals surface area contributed by atoms with Crippen molar-refractivity contribution in [3.63, 3.8) is 0 Å². The molecule has 0 radical (unpaired) electrons. The summed E-state index contributed by atoms with van der Waals surface area (Å²) in [7, 11) is 0. The number of hydrogen-bond donors (Lipinski definition) is 1. The first-order valence-electron chi connectivity index (χ1n) is 7.46. The third-order valence-electron chi connectivity index (χ3n) is 4.69. The Balaban J connectivity index is 1.67. The molecule has 3 fully saturated rings. The Labute approximate surface area is 124 Å². The van der Waals surface area contributed by atoms with Crippen LogP contribution < -0.4 is 0 Å². The smallest absolute Gasteiger partial charge is 0.305 e. The maximum atomic E-state index is 11.0. The van der Waals surface area contributed by atoms with Crippen LogP contribution in [0, 0.1) is 0 Å². The van der Waals surface area contributed by atoms with Gasteiger partial charge in [-0.05, 0) is 25.0 Å². The highest BCUT2D eigenvalue weighted by Crippen LogP contribution is 2.40. The van der Waals surface area contributed by atoms with Gasteiger partial charge in [0.1, 0.15) is 0 Å². The predicted molar refractivity (Wildman–Crippen MR) is 77.2 cm³/mol. The SMILES string of the molecule is O=C(O)CC1COCCN1C1CCOC2(CCSC2)C1. The molecule has 20 heavy (non-hydrogen) atoms. The van der Waals surface area contributed by atoms with Gasteiger partial charge >= 0.3 is 5.97 Å². The van der Waals surface area contributed by atoms with Crippen molar-refractivity contribution in [2.45, 2.75) is 43.4 Å². The summed E-state index contributed by atoms with van der Waals surface area (Å²) in [6, 6.07) is 0.478. The average Bonchev–Trinajstić information content (AvgIpc) is 2.87. The Hall–Kier alpha value is -0.300. The number of rotatable bonds is 3. The molecule has 3 aliphatic rings. The molecule has 0 bridgehead atoms. The number of carboxylic acids is 1. The lowest BCUT2D eigenvalue weighted by Gasteiger charge is -2.46. The fraction of sp³-hybridized carbons (Fsp3) is 0.929. The van der Waals surface area contributed by atoms with E-state index in [1.54, 1.807) is 0 Å². The Morgan fingerprint density at radius 2 is 2.35 bits per heavy atom. The number of hydrogen-bond acceptors (Lipinski definition) is 5. The summed E-state index contributed by atoms with van der Waals surface area (Å²) >= 11 is 1.98. The molecule has 1 N–H and O–H groups in total. The summed E-state index contributed by atoms with van der Waals surface area (Å²) in [5, 5.41) is 9.08. The van der Waals surface area contributed by atoms with Gasteiger partial charge in [-0.2, -0.15) is 11.8 Å². The molecule has 3 rings (SSSR count). The quantitative estimate of drug-likeness (QED) is 0.846. The molecule has 3 aliphatic heterocycles. The summed E-state index contributed by atoms with van der Waals surface area (Å²) in [5.74, 6) is 1.55. The Kier molecular flexibility index (Phi) is 4.55. The summed E-state index contributed by atoms with van der Waals surface area (Å²) < 4.78 is 11.5. The van der Waals surface area contributed by atoms with Gasteiger partial charge in [0.2, 0.25) is 0 Å². The minimum atomic E-state index is -0.733. The van der Waals surface area contributed by atoms with Crippen molar-refractivity contribution in [1.82, 2.24) is 4.90 Å². The molecule has 114 valence electrons. The second kappa shape index (κ2) is 6.22. The number of carbonyl (C=O) groups is 1. The summed E-state index contributed by atoms with van der Waals surface area (Å²) in [5.41, 5.74) is 0.0552. The molecule has 6 heteroatoms. The molecule has 3 saturated heterocycles. The first kappa shape index (κ1) is 14.6. The lowest BCUT2D eigenvalue weighted by Crippen LogP contribution is -2.56. The molecule has 0 aliphatic carbocycles. The largest absolute Gasteiger partial charge is 0.481 e. The predicted octanol–water partition coefficient (Wildman–Crippen LogP) is 1.22. The van der Waals surface area contributed by atoms with E-state index in [0.29, 0.717) is 12.6 Å². The third kappa shape index (κ3) is 3.13. The molecule has 0 amide bonds. The zero-order valence-electron chi connectivity index (χ0n) is 11.8. The number of nitrogens with zero attached hydrogens (tertiary/aromatic N) is 1. The van der Waals surface area contributed by atoms with Crippen molar-refractivity contribution < 1.29 is 19.4 Å². The van der Waals surface area contributed by atoms with Gasteiger partial charge in [-0.25, -0.2) is 0 Å². The minimum absolute atomic E-state index is 0.0236. The van der Waals surface area contributed by atoms with Gasteiger partial charge in [-0.15, -0.1) is 0 Å². The van der Waals surface area contributed by atoms with E-state index < -0.39 is 5.97 Å². The molecule has 1 spiro atoms. The fourth-order valence-electron chi connectivity index (χ4n) is 3.67. The molecular weight excluding hydrogens is 278 g/mol. The van der Waals surface area contributed by atoms with Crippen LogP contribution in [0.4, 0.5) is 0 Å². The van der Waals surface area contributed by atoms with Gasteiger partial charge in [0.15, 0.2) is 0 Å². The van der Waals surface area contributed by atoms with Gasteiger partial charge in [-0.3, -0.25) is 9.69 Å². The Morgan fingerprint density at radius 1 is 1.45 bits per heavy atom. The van der Waals surface area contributed by atoms with Crippen molar-refractivity contribution >= 4 is 17.7 Å². The van der Waals surface area contributed by atoms with Crippen molar-refractivity contribution in [1.29, 1.82) is 0 Å². The number of aliphatic carboxylic acids is 1. The molecule has 3 unspecified atom stereocenters. The first-order chi connectivity index (χ1) is 9.69. The van der Waals surface area contributed by atoms with Gasteiger partial charge in [0.05, 0.1) is 25.2 Å². The standard InChI is InChI=1S/C14H23NO4S/c16-13(17)7-12-9-18-5-3-15(12)11-1-4-19-14(8-11)2-6-20-10-14/h11-12H,1-10H2,(H,16,17). The molecule has 0 aromatic heterocycles. The molecule has 0 saturated carbocycles. The molecular formula is C14H23NO4S. The van der Waals surface area contributed by atoms with E-state index in [2.05, 4.69) is 4.90 Å². The maximum absolute atomic E-state index is 11.0. The van der Waals surface area contributed by atoms with Crippen LogP contribution in [0.3, 0.4) is 0 Å². The molecule has 3 atom stereocenters. The highest BCUT2D eigenvalue weighted by Gasteiger charge is 2.43. The number of ether oxygens (including phenoxy) is 2. The monoisotopic (exact) mass is 301 g/mol. The van der Waals surface area contributed by atoms with Crippen LogP contribution in [0.15, 0.2) is 0 Å². The van der Waals surface area contributed by atoms with Crippen molar-refractivity contribution in [3.05, 3.63) is 0 Å². The first-order valence-corrected chi connectivity index (χ1v) is 8.61. The average molecular weight is 301 g/mol. The van der Waals surface area contributed by atoms with E-state index in [4.69, 9.17) is 14.6 Å². The van der Waals surface area contributed by atoms with Gasteiger partial charge in [-0.1, -0.05) is 0 Å². The summed E-state index contributed by atoms with van der Waals surface area (Å²) in [4.78, 5) is 13.4. The van der Waals surface area contributed by atoms with Crippen molar-refractivity contribution in [2.75, 3.05) is 37.9 Å². The molecule has 0 aromatic rings. The fourth-order valence-corrected chi connectivity index (χ4v) is 5.05. The van der Waals surface area contributed by atoms with E-state index >= 15 is 0 Å². The number of thioether (sulfide) groups is 1. The van der Waals surface area contributed by atoms with Crippen LogP contribution >= 0.6 is 11.8 Å². The van der Waals surface area contributed by atoms with Gasteiger partial charge < -0.3 is 14.6 Å². The van der Waals surface area contributed by atoms with Crippen LogP contribution in [0.5, 0.6) is 0 Å². The highest BCUT2D eigenvalue weighted by atomic mass is 32.2. The number of carboxylic acid groups (broad SMARTS) is 1. The van der Waals surface area contributed by atoms with E-state index in [1.807, 2.05) is 11.8 Å². The van der Waals surface area contributed by atoms with Crippen molar-refractivity contribution in [3.8, 4) is 0 Å². The van der Waals surface area contributed by atoms with E-state index in [-0.39, 0.29) is 18.1 Å². The summed E-state index contributed by atoms with van der Waals surface area (Å²) in [6.45, 7) is 2.93. The Morgan fingerprint density at radius 3 is 3.10 bits per heavy atom. The second-order valence-electron chi connectivity index (χ2n) is 6.05. The Bertz CT molecular complexity index is 359. The van der Waals surface area contributed by atoms with E-state index in [0.717, 1.165) is 44.8 Å². The van der Waals surface area contributed by atoms with Gasteiger partial charge in [0, 0.05) is 31.0 Å². The molecule has 0 aromatic carbocycles. The molecule has 3 heterocycles. The zero-order valence-corrected chi connectivity index (χ0v) is 12.6. The topological polar surface area (TPSA) is 59.0 Å². The second-order valence-corrected chi connectivity index (χ2v) is 7.15. The van der Waals surface area contributed by atoms with Crippen LogP contribution in [0.25, 0.3) is 0 Å². The minimum Gasteiger partial charge on any atom is -0.481 e. The lowest BCUT2D eigenvalue weighted by molar-refractivity contribution is -0.144. The van der Waals surface area contributed by atoms with Crippen LogP contribution in [0.1, 0.15) is 25.7 Å². The van der Waals surface area contributed by atoms with Crippen LogP contribution in [0.2, 0.25) is 0 Å². The number of morpholine rings is 1. The summed E-state index contributed by atoms with van der Waals surface area (Å²) in [6.07, 6.45) is 3.39. The molecule has 5 nitrogen and oxygen atoms in total. The third-order valence-corrected chi connectivity index (χ3v) is 5.91. The van der Waals surface area contributed by atoms with E-state index in [9.17, 15) is 4.79 Å². The van der Waals surface area contributed by atoms with Crippen LogP contribution in [-0.2, 0) is 14.3 Å².